The molecule has 2 heterocycles. The molecule has 1 aliphatic heterocycles. The third-order valence-electron chi connectivity index (χ3n) is 5.41. The quantitative estimate of drug-likeness (QED) is 0.437. The van der Waals surface area contributed by atoms with Crippen LogP contribution in [0.3, 0.4) is 0 Å². The number of ether oxygens (including phenoxy) is 4. The van der Waals surface area contributed by atoms with Gasteiger partial charge in [0.05, 0.1) is 40.2 Å². The Hall–Kier alpha value is -3.46. The predicted molar refractivity (Wildman–Crippen MR) is 126 cm³/mol. The Labute approximate surface area is 199 Å². The Morgan fingerprint density at radius 1 is 0.909 bits per heavy atom. The first-order valence-electron chi connectivity index (χ1n) is 10.1. The minimum absolute atomic E-state index is 0.185. The molecule has 0 spiro atoms. The van der Waals surface area contributed by atoms with Crippen LogP contribution in [0.15, 0.2) is 62.7 Å². The van der Waals surface area contributed by atoms with Crippen molar-refractivity contribution in [3.05, 3.63) is 70.1 Å². The molecule has 0 saturated heterocycles. The van der Waals surface area contributed by atoms with Crippen LogP contribution in [0.1, 0.15) is 34.1 Å². The summed E-state index contributed by atoms with van der Waals surface area (Å²) in [6.45, 7) is 0. The van der Waals surface area contributed by atoms with E-state index in [1.54, 1.807) is 40.6 Å². The molecule has 0 saturated carbocycles. The molecule has 8 nitrogen and oxygen atoms in total. The number of hydrogen-bond donors (Lipinski definition) is 0. The van der Waals surface area contributed by atoms with Crippen LogP contribution in [0.5, 0.6) is 23.0 Å². The lowest BCUT2D eigenvalue weighted by Gasteiger charge is -2.22. The summed E-state index contributed by atoms with van der Waals surface area (Å²) in [5.74, 6) is 2.21. The number of furan rings is 1. The molecule has 1 atom stereocenters. The zero-order chi connectivity index (χ0) is 23.5. The first-order chi connectivity index (χ1) is 16.0. The van der Waals surface area contributed by atoms with Crippen LogP contribution >= 0.6 is 15.9 Å². The Morgan fingerprint density at radius 3 is 2.15 bits per heavy atom. The Balaban J connectivity index is 1.76. The van der Waals surface area contributed by atoms with Crippen molar-refractivity contribution in [2.75, 3.05) is 28.4 Å². The first kappa shape index (κ1) is 22.7. The van der Waals surface area contributed by atoms with E-state index in [4.69, 9.17) is 23.4 Å². The summed E-state index contributed by atoms with van der Waals surface area (Å²) in [7, 11) is 6.32. The second-order valence-corrected chi connectivity index (χ2v) is 7.99. The third kappa shape index (κ3) is 4.41. The molecule has 0 radical (unpaired) electrons. The van der Waals surface area contributed by atoms with Gasteiger partial charge in [-0.2, -0.15) is 5.10 Å². The monoisotopic (exact) mass is 514 g/mol. The Kier molecular flexibility index (Phi) is 6.60. The van der Waals surface area contributed by atoms with Gasteiger partial charge in [-0.05, 0) is 64.0 Å². The molecule has 9 heteroatoms. The van der Waals surface area contributed by atoms with Crippen molar-refractivity contribution < 1.29 is 28.2 Å². The number of carbonyl (C=O) groups excluding carboxylic acids is 1. The lowest BCUT2D eigenvalue weighted by atomic mass is 9.97. The number of hydrazone groups is 1. The average Bonchev–Trinajstić information content (AvgIpc) is 3.49. The molecule has 1 amide bonds. The van der Waals surface area contributed by atoms with Crippen molar-refractivity contribution in [3.8, 4) is 23.0 Å². The number of carbonyl (C=O) groups is 1. The highest BCUT2D eigenvalue weighted by Crippen LogP contribution is 2.39. The fourth-order valence-electron chi connectivity index (χ4n) is 3.75. The van der Waals surface area contributed by atoms with Crippen molar-refractivity contribution in [1.82, 2.24) is 5.01 Å². The third-order valence-corrected chi connectivity index (χ3v) is 5.84. The molecule has 0 N–H and O–H groups in total. The van der Waals surface area contributed by atoms with Crippen molar-refractivity contribution in [2.24, 2.45) is 5.10 Å². The van der Waals surface area contributed by atoms with Gasteiger partial charge >= 0.3 is 5.91 Å². The fourth-order valence-corrected chi connectivity index (χ4v) is 4.06. The maximum absolute atomic E-state index is 13.3. The van der Waals surface area contributed by atoms with Gasteiger partial charge in [0.25, 0.3) is 0 Å². The maximum Gasteiger partial charge on any atom is 0.310 e. The first-order valence-corrected chi connectivity index (χ1v) is 10.9. The average molecular weight is 515 g/mol. The van der Waals surface area contributed by atoms with E-state index >= 15 is 0 Å². The maximum atomic E-state index is 13.3. The normalized spacial score (nSPS) is 15.2. The molecule has 2 aromatic carbocycles. The van der Waals surface area contributed by atoms with E-state index in [0.29, 0.717) is 34.1 Å². The number of hydrogen-bond acceptors (Lipinski definition) is 7. The predicted octanol–water partition coefficient (Wildman–Crippen LogP) is 5.07. The zero-order valence-corrected chi connectivity index (χ0v) is 20.2. The van der Waals surface area contributed by atoms with E-state index in [2.05, 4.69) is 21.0 Å². The van der Waals surface area contributed by atoms with Gasteiger partial charge in [0.1, 0.15) is 0 Å². The van der Waals surface area contributed by atoms with E-state index in [9.17, 15) is 4.79 Å². The Morgan fingerprint density at radius 2 is 1.55 bits per heavy atom. The van der Waals surface area contributed by atoms with E-state index in [0.717, 1.165) is 16.8 Å². The molecule has 1 aromatic heterocycles. The highest BCUT2D eigenvalue weighted by molar-refractivity contribution is 9.10. The van der Waals surface area contributed by atoms with Gasteiger partial charge in [0.15, 0.2) is 33.4 Å². The molecule has 1 aliphatic rings. The van der Waals surface area contributed by atoms with Gasteiger partial charge in [-0.15, -0.1) is 0 Å². The minimum Gasteiger partial charge on any atom is -0.493 e. The van der Waals surface area contributed by atoms with Gasteiger partial charge in [-0.1, -0.05) is 6.07 Å². The second kappa shape index (κ2) is 9.58. The SMILES string of the molecule is COc1ccc(C2=NN(C(=O)c3ccc(Br)o3)[C@H](c3ccc(OC)c(OC)c3)C2)cc1OC. The fraction of sp³-hybridized carbons (Fsp3) is 0.250. The van der Waals surface area contributed by atoms with Crippen molar-refractivity contribution in [1.29, 1.82) is 0 Å². The molecule has 4 rings (SSSR count). The van der Waals surface area contributed by atoms with Crippen LogP contribution in [-0.2, 0) is 0 Å². The topological polar surface area (TPSA) is 82.7 Å². The largest absolute Gasteiger partial charge is 0.493 e. The summed E-state index contributed by atoms with van der Waals surface area (Å²) in [6.07, 6.45) is 0.485. The summed E-state index contributed by atoms with van der Waals surface area (Å²) in [5.41, 5.74) is 2.41. The zero-order valence-electron chi connectivity index (χ0n) is 18.6. The van der Waals surface area contributed by atoms with Crippen LogP contribution in [0.25, 0.3) is 0 Å². The number of amides is 1. The van der Waals surface area contributed by atoms with E-state index in [1.165, 1.54) is 5.01 Å². The number of halogens is 1. The van der Waals surface area contributed by atoms with Crippen LogP contribution in [0, 0.1) is 0 Å². The van der Waals surface area contributed by atoms with Gasteiger partial charge < -0.3 is 23.4 Å². The molecular formula is C24H23BrN2O6. The van der Waals surface area contributed by atoms with Crippen molar-refractivity contribution in [3.63, 3.8) is 0 Å². The molecule has 0 unspecified atom stereocenters. The highest BCUT2D eigenvalue weighted by atomic mass is 79.9. The molecule has 0 aliphatic carbocycles. The molecule has 0 fully saturated rings. The number of rotatable bonds is 7. The van der Waals surface area contributed by atoms with Crippen LogP contribution in [-0.4, -0.2) is 45.1 Å². The van der Waals surface area contributed by atoms with Crippen LogP contribution in [0.2, 0.25) is 0 Å². The summed E-state index contributed by atoms with van der Waals surface area (Å²) < 4.78 is 27.6. The lowest BCUT2D eigenvalue weighted by molar-refractivity contribution is 0.0677. The van der Waals surface area contributed by atoms with Gasteiger partial charge in [0, 0.05) is 12.0 Å². The van der Waals surface area contributed by atoms with E-state index in [1.807, 2.05) is 36.4 Å². The highest BCUT2D eigenvalue weighted by Gasteiger charge is 2.35. The molecule has 33 heavy (non-hydrogen) atoms. The summed E-state index contributed by atoms with van der Waals surface area (Å²) in [4.78, 5) is 13.3. The summed E-state index contributed by atoms with van der Waals surface area (Å²) >= 11 is 3.25. The van der Waals surface area contributed by atoms with Gasteiger partial charge in [-0.25, -0.2) is 5.01 Å². The van der Waals surface area contributed by atoms with Crippen LogP contribution < -0.4 is 18.9 Å². The standard InChI is InChI=1S/C24H23BrN2O6/c1-29-18-7-5-14(11-21(18)31-3)16-13-17(15-6-8-19(30-2)22(12-15)32-4)27(26-16)24(28)20-9-10-23(25)33-20/h5-12,17H,13H2,1-4H3/t17-/m0/s1. The van der Waals surface area contributed by atoms with Gasteiger partial charge in [-0.3, -0.25) is 4.79 Å². The molecule has 172 valence electrons. The molecule has 0 bridgehead atoms. The summed E-state index contributed by atoms with van der Waals surface area (Å²) in [6, 6.07) is 14.0. The van der Waals surface area contributed by atoms with E-state index < -0.39 is 0 Å². The van der Waals surface area contributed by atoms with Crippen molar-refractivity contribution in [2.45, 2.75) is 12.5 Å². The number of methoxy groups -OCH3 is 4. The second-order valence-electron chi connectivity index (χ2n) is 7.20. The Bertz CT molecular complexity index is 1210. The molecule has 3 aromatic rings. The number of benzene rings is 2. The minimum atomic E-state index is -0.371. The van der Waals surface area contributed by atoms with Gasteiger partial charge in [0.2, 0.25) is 0 Å². The summed E-state index contributed by atoms with van der Waals surface area (Å²) in [5, 5.41) is 6.13. The van der Waals surface area contributed by atoms with Crippen LogP contribution in [0.4, 0.5) is 0 Å². The van der Waals surface area contributed by atoms with Crippen molar-refractivity contribution >= 4 is 27.5 Å². The molecular weight excluding hydrogens is 492 g/mol. The van der Waals surface area contributed by atoms with E-state index in [-0.39, 0.29) is 17.7 Å². The smallest absolute Gasteiger partial charge is 0.310 e. The number of nitrogens with zero attached hydrogens (tertiary/aromatic N) is 2. The lowest BCUT2D eigenvalue weighted by Crippen LogP contribution is -2.26.